The molecular weight excluding hydrogens is 359 g/mol. The quantitative estimate of drug-likeness (QED) is 0.575. The second-order valence-electron chi connectivity index (χ2n) is 5.35. The van der Waals surface area contributed by atoms with Crippen LogP contribution in [0, 0.1) is 0 Å². The van der Waals surface area contributed by atoms with Crippen molar-refractivity contribution in [1.82, 2.24) is 24.5 Å². The summed E-state index contributed by atoms with van der Waals surface area (Å²) >= 11 is 12.7. The summed E-state index contributed by atoms with van der Waals surface area (Å²) in [7, 11) is 1.87. The van der Waals surface area contributed by atoms with Crippen molar-refractivity contribution in [2.75, 3.05) is 5.32 Å². The van der Waals surface area contributed by atoms with Crippen molar-refractivity contribution in [2.45, 2.75) is 0 Å². The lowest BCUT2D eigenvalue weighted by Crippen LogP contribution is -1.97. The fourth-order valence-corrected chi connectivity index (χ4v) is 3.17. The number of nitrogens with zero attached hydrogens (tertiary/aromatic N) is 5. The third kappa shape index (κ3) is 2.79. The minimum atomic E-state index is 0.528. The Kier molecular flexibility index (Phi) is 3.99. The maximum atomic E-state index is 6.34. The van der Waals surface area contributed by atoms with Gasteiger partial charge in [0.1, 0.15) is 12.2 Å². The fraction of sp³-hybridized carbons (Fsp3) is 0.0588. The molecule has 1 N–H and O–H groups in total. The van der Waals surface area contributed by atoms with E-state index in [1.54, 1.807) is 30.6 Å². The van der Waals surface area contributed by atoms with E-state index in [-0.39, 0.29) is 0 Å². The smallest absolute Gasteiger partial charge is 0.165 e. The van der Waals surface area contributed by atoms with Crippen LogP contribution in [0.1, 0.15) is 0 Å². The van der Waals surface area contributed by atoms with Crippen LogP contribution in [0.5, 0.6) is 0 Å². The van der Waals surface area contributed by atoms with Crippen LogP contribution >= 0.6 is 23.2 Å². The van der Waals surface area contributed by atoms with E-state index in [1.807, 2.05) is 23.7 Å². The first-order valence-electron chi connectivity index (χ1n) is 7.44. The van der Waals surface area contributed by atoms with Gasteiger partial charge in [0, 0.05) is 13.2 Å². The van der Waals surface area contributed by atoms with E-state index >= 15 is 0 Å². The summed E-state index contributed by atoms with van der Waals surface area (Å²) in [4.78, 5) is 17.4. The number of aryl methyl sites for hydroxylation is 1. The number of nitrogens with one attached hydrogen (secondary N) is 1. The maximum Gasteiger partial charge on any atom is 0.165 e. The minimum Gasteiger partial charge on any atom is -0.337 e. The average Bonchev–Trinajstić information content (AvgIpc) is 2.94. The molecule has 25 heavy (non-hydrogen) atoms. The SMILES string of the molecule is Cn1c(-c2c(Cl)cccc2Cl)nc2c(Nc3cccnc3)ncnc21. The van der Waals surface area contributed by atoms with Gasteiger partial charge in [0.2, 0.25) is 0 Å². The van der Waals surface area contributed by atoms with Crippen molar-refractivity contribution in [3.05, 3.63) is 59.1 Å². The van der Waals surface area contributed by atoms with Gasteiger partial charge in [-0.05, 0) is 24.3 Å². The summed E-state index contributed by atoms with van der Waals surface area (Å²) in [5.41, 5.74) is 2.77. The van der Waals surface area contributed by atoms with Crippen molar-refractivity contribution < 1.29 is 0 Å². The molecule has 0 saturated heterocycles. The van der Waals surface area contributed by atoms with Crippen molar-refractivity contribution in [2.24, 2.45) is 7.05 Å². The van der Waals surface area contributed by atoms with Crippen molar-refractivity contribution >= 4 is 45.9 Å². The fourth-order valence-electron chi connectivity index (χ4n) is 2.60. The number of hydrogen-bond donors (Lipinski definition) is 1. The molecule has 0 fully saturated rings. The molecule has 3 heterocycles. The largest absolute Gasteiger partial charge is 0.337 e. The molecule has 0 spiro atoms. The van der Waals surface area contributed by atoms with E-state index in [2.05, 4.69) is 25.3 Å². The van der Waals surface area contributed by atoms with Gasteiger partial charge < -0.3 is 9.88 Å². The van der Waals surface area contributed by atoms with Gasteiger partial charge in [-0.25, -0.2) is 15.0 Å². The Labute approximate surface area is 153 Å². The molecule has 0 aliphatic heterocycles. The van der Waals surface area contributed by atoms with Gasteiger partial charge in [0.05, 0.1) is 27.5 Å². The van der Waals surface area contributed by atoms with Crippen molar-refractivity contribution in [1.29, 1.82) is 0 Å². The van der Waals surface area contributed by atoms with E-state index in [0.717, 1.165) is 5.69 Å². The van der Waals surface area contributed by atoms with Gasteiger partial charge in [0.25, 0.3) is 0 Å². The summed E-state index contributed by atoms with van der Waals surface area (Å²) in [5.74, 6) is 1.21. The lowest BCUT2D eigenvalue weighted by atomic mass is 10.2. The standard InChI is InChI=1S/C17H12Cl2N6/c1-25-16(13-11(18)5-2-6-12(13)19)24-14-15(21-9-22-17(14)25)23-10-4-3-7-20-8-10/h2-9H,1H3,(H,21,22,23). The molecular formula is C17H12Cl2N6. The Balaban J connectivity index is 1.89. The topological polar surface area (TPSA) is 68.5 Å². The molecule has 0 aliphatic carbocycles. The molecule has 1 aromatic carbocycles. The molecule has 0 aliphatic rings. The Bertz CT molecular complexity index is 1040. The van der Waals surface area contributed by atoms with Crippen LogP contribution in [0.15, 0.2) is 49.1 Å². The first-order valence-corrected chi connectivity index (χ1v) is 8.19. The Hall–Kier alpha value is -2.70. The van der Waals surface area contributed by atoms with Crippen LogP contribution in [0.4, 0.5) is 11.5 Å². The number of aromatic nitrogens is 5. The molecule has 124 valence electrons. The number of fused-ring (bicyclic) bond motifs is 1. The van der Waals surface area contributed by atoms with Crippen molar-refractivity contribution in [3.8, 4) is 11.4 Å². The zero-order valence-corrected chi connectivity index (χ0v) is 14.6. The molecule has 0 unspecified atom stereocenters. The molecule has 4 rings (SSSR count). The molecule has 0 amide bonds. The van der Waals surface area contributed by atoms with Crippen LogP contribution in [0.3, 0.4) is 0 Å². The first-order chi connectivity index (χ1) is 12.1. The van der Waals surface area contributed by atoms with E-state index in [1.165, 1.54) is 6.33 Å². The van der Waals surface area contributed by atoms with Gasteiger partial charge in [-0.1, -0.05) is 29.3 Å². The maximum absolute atomic E-state index is 6.34. The van der Waals surface area contributed by atoms with Crippen molar-refractivity contribution in [3.63, 3.8) is 0 Å². The predicted octanol–water partition coefficient (Wildman–Crippen LogP) is 4.48. The predicted molar refractivity (Wildman–Crippen MR) is 99.3 cm³/mol. The Morgan fingerprint density at radius 3 is 2.56 bits per heavy atom. The number of benzene rings is 1. The van der Waals surface area contributed by atoms with E-state index in [0.29, 0.717) is 38.4 Å². The molecule has 8 heteroatoms. The normalized spacial score (nSPS) is 11.0. The molecule has 0 saturated carbocycles. The summed E-state index contributed by atoms with van der Waals surface area (Å²) in [6.45, 7) is 0. The summed E-state index contributed by atoms with van der Waals surface area (Å²) in [5, 5.41) is 4.27. The first kappa shape index (κ1) is 15.8. The number of hydrogen-bond acceptors (Lipinski definition) is 5. The van der Waals surface area contributed by atoms with E-state index in [9.17, 15) is 0 Å². The summed E-state index contributed by atoms with van der Waals surface area (Å²) in [6, 6.07) is 9.10. The highest BCUT2D eigenvalue weighted by Gasteiger charge is 2.19. The number of anilines is 2. The van der Waals surface area contributed by atoms with Crippen LogP contribution in [-0.4, -0.2) is 24.5 Å². The Morgan fingerprint density at radius 1 is 1.04 bits per heavy atom. The second-order valence-corrected chi connectivity index (χ2v) is 6.17. The zero-order valence-electron chi connectivity index (χ0n) is 13.1. The lowest BCUT2D eigenvalue weighted by Gasteiger charge is -2.06. The molecule has 4 aromatic rings. The minimum absolute atomic E-state index is 0.528. The molecule has 6 nitrogen and oxygen atoms in total. The van der Waals surface area contributed by atoms with Gasteiger partial charge in [-0.2, -0.15) is 0 Å². The molecule has 3 aromatic heterocycles. The molecule has 0 radical (unpaired) electrons. The molecule has 0 atom stereocenters. The summed E-state index contributed by atoms with van der Waals surface area (Å²) in [6.07, 6.45) is 4.91. The third-order valence-corrected chi connectivity index (χ3v) is 4.40. The van der Waals surface area contributed by atoms with Gasteiger partial charge >= 0.3 is 0 Å². The lowest BCUT2D eigenvalue weighted by molar-refractivity contribution is 0.939. The van der Waals surface area contributed by atoms with Gasteiger partial charge in [0.15, 0.2) is 17.0 Å². The second kappa shape index (κ2) is 6.31. The van der Waals surface area contributed by atoms with E-state index in [4.69, 9.17) is 23.2 Å². The number of rotatable bonds is 3. The Morgan fingerprint density at radius 2 is 1.84 bits per heavy atom. The molecule has 0 bridgehead atoms. The summed E-state index contributed by atoms with van der Waals surface area (Å²) < 4.78 is 1.85. The van der Waals surface area contributed by atoms with Crippen LogP contribution in [-0.2, 0) is 7.05 Å². The monoisotopic (exact) mass is 370 g/mol. The van der Waals surface area contributed by atoms with Crippen LogP contribution < -0.4 is 5.32 Å². The highest BCUT2D eigenvalue weighted by molar-refractivity contribution is 6.39. The van der Waals surface area contributed by atoms with Gasteiger partial charge in [-0.15, -0.1) is 0 Å². The van der Waals surface area contributed by atoms with Crippen LogP contribution in [0.25, 0.3) is 22.6 Å². The highest BCUT2D eigenvalue weighted by atomic mass is 35.5. The van der Waals surface area contributed by atoms with Gasteiger partial charge in [-0.3, -0.25) is 4.98 Å². The third-order valence-electron chi connectivity index (χ3n) is 3.77. The number of halogens is 2. The average molecular weight is 371 g/mol. The number of pyridine rings is 1. The zero-order chi connectivity index (χ0) is 17.4. The van der Waals surface area contributed by atoms with Crippen LogP contribution in [0.2, 0.25) is 10.0 Å². The van der Waals surface area contributed by atoms with E-state index < -0.39 is 0 Å². The number of imidazole rings is 1. The highest BCUT2D eigenvalue weighted by Crippen LogP contribution is 2.36.